The van der Waals surface area contributed by atoms with Crippen LogP contribution in [-0.2, 0) is 20.7 Å². The number of rotatable bonds is 6. The number of esters is 1. The molecule has 0 spiro atoms. The lowest BCUT2D eigenvalue weighted by Crippen LogP contribution is -2.31. The second-order valence-corrected chi connectivity index (χ2v) is 7.50. The number of carbonyl (C=O) groups excluding carboxylic acids is 1. The molecule has 2 atom stereocenters. The highest BCUT2D eigenvalue weighted by Gasteiger charge is 2.33. The van der Waals surface area contributed by atoms with E-state index in [0.29, 0.717) is 16.6 Å². The number of halogens is 1. The minimum absolute atomic E-state index is 0.0215. The van der Waals surface area contributed by atoms with Crippen LogP contribution in [0.4, 0.5) is 5.69 Å². The van der Waals surface area contributed by atoms with Crippen molar-refractivity contribution in [3.05, 3.63) is 58.1 Å². The normalized spacial score (nSPS) is 18.4. The van der Waals surface area contributed by atoms with Gasteiger partial charge in [0.05, 0.1) is 20.1 Å². The number of aryl methyl sites for hydroxylation is 1. The lowest BCUT2D eigenvalue weighted by molar-refractivity contribution is -0.145. The maximum atomic E-state index is 12.1. The average molecular weight is 434 g/mol. The number of methoxy groups -OCH3 is 1. The van der Waals surface area contributed by atoms with E-state index in [9.17, 15) is 4.79 Å². The van der Waals surface area contributed by atoms with Gasteiger partial charge in [0.25, 0.3) is 0 Å². The van der Waals surface area contributed by atoms with Crippen molar-refractivity contribution in [3.63, 3.8) is 0 Å². The summed E-state index contributed by atoms with van der Waals surface area (Å²) in [6.45, 7) is 4.14. The van der Waals surface area contributed by atoms with Crippen molar-refractivity contribution in [1.82, 2.24) is 0 Å². The minimum atomic E-state index is -0.643. The zero-order valence-corrected chi connectivity index (χ0v) is 18.2. The quantitative estimate of drug-likeness (QED) is 0.505. The SMILES string of the molecule is CCOC(=O)C[C@@H]1O[C@@H](c2cccc(CC)c2OC)c2cc(Cl)ccc2NC1=S. The summed E-state index contributed by atoms with van der Waals surface area (Å²) in [5.74, 6) is 0.396. The lowest BCUT2D eigenvalue weighted by atomic mass is 9.96. The van der Waals surface area contributed by atoms with E-state index >= 15 is 0 Å². The Hall–Kier alpha value is -2.15. The fourth-order valence-corrected chi connectivity index (χ4v) is 3.90. The number of carbonyl (C=O) groups is 1. The van der Waals surface area contributed by atoms with Crippen LogP contribution in [0.1, 0.15) is 43.1 Å². The van der Waals surface area contributed by atoms with Crippen LogP contribution in [0.2, 0.25) is 5.02 Å². The standard InChI is InChI=1S/C22H24ClNO4S/c1-4-13-7-6-8-15(20(13)26-3)21-16-11-14(23)9-10-17(16)24-22(29)18(28-21)12-19(25)27-5-2/h6-11,18,21H,4-5,12H2,1-3H3,(H,24,29)/t18-,21-/m0/s1. The van der Waals surface area contributed by atoms with Crippen LogP contribution >= 0.6 is 23.8 Å². The Kier molecular flexibility index (Phi) is 7.11. The molecule has 2 aromatic rings. The second-order valence-electron chi connectivity index (χ2n) is 6.63. The molecule has 0 fully saturated rings. The number of hydrogen-bond donors (Lipinski definition) is 1. The molecule has 7 heteroatoms. The van der Waals surface area contributed by atoms with Gasteiger partial charge in [0.15, 0.2) is 0 Å². The van der Waals surface area contributed by atoms with Crippen molar-refractivity contribution < 1.29 is 19.0 Å². The number of fused-ring (bicyclic) bond motifs is 1. The molecular weight excluding hydrogens is 410 g/mol. The second kappa shape index (κ2) is 9.57. The third-order valence-corrected chi connectivity index (χ3v) is 5.40. The number of thiocarbonyl (C=S) groups is 1. The number of benzene rings is 2. The number of para-hydroxylation sites is 1. The molecule has 1 N–H and O–H groups in total. The zero-order valence-electron chi connectivity index (χ0n) is 16.7. The van der Waals surface area contributed by atoms with Crippen LogP contribution in [0.3, 0.4) is 0 Å². The summed E-state index contributed by atoms with van der Waals surface area (Å²) >= 11 is 11.8. The third kappa shape index (κ3) is 4.71. The van der Waals surface area contributed by atoms with Crippen LogP contribution in [-0.4, -0.2) is 30.8 Å². The van der Waals surface area contributed by atoms with Gasteiger partial charge in [-0.25, -0.2) is 0 Å². The number of nitrogens with one attached hydrogen (secondary N) is 1. The Morgan fingerprint density at radius 3 is 2.72 bits per heavy atom. The molecule has 1 heterocycles. The lowest BCUT2D eigenvalue weighted by Gasteiger charge is -2.25. The predicted molar refractivity (Wildman–Crippen MR) is 118 cm³/mol. The van der Waals surface area contributed by atoms with E-state index in [1.807, 2.05) is 30.3 Å². The van der Waals surface area contributed by atoms with E-state index in [0.717, 1.165) is 34.5 Å². The molecule has 1 aliphatic heterocycles. The maximum Gasteiger partial charge on any atom is 0.308 e. The van der Waals surface area contributed by atoms with Gasteiger partial charge in [0.1, 0.15) is 22.9 Å². The molecule has 1 aliphatic rings. The highest BCUT2D eigenvalue weighted by molar-refractivity contribution is 7.80. The van der Waals surface area contributed by atoms with Crippen molar-refractivity contribution in [2.75, 3.05) is 19.0 Å². The van der Waals surface area contributed by atoms with Gasteiger partial charge in [-0.05, 0) is 37.1 Å². The molecule has 0 saturated carbocycles. The van der Waals surface area contributed by atoms with Gasteiger partial charge in [-0.3, -0.25) is 4.79 Å². The first kappa shape index (κ1) is 21.6. The predicted octanol–water partition coefficient (Wildman–Crippen LogP) is 5.09. The zero-order chi connectivity index (χ0) is 21.0. The van der Waals surface area contributed by atoms with Crippen molar-refractivity contribution in [3.8, 4) is 5.75 Å². The van der Waals surface area contributed by atoms with Crippen LogP contribution in [0, 0.1) is 0 Å². The summed E-state index contributed by atoms with van der Waals surface area (Å²) in [6, 6.07) is 11.5. The first-order chi connectivity index (χ1) is 14.0. The van der Waals surface area contributed by atoms with Gasteiger partial charge in [0, 0.05) is 21.8 Å². The van der Waals surface area contributed by atoms with Gasteiger partial charge >= 0.3 is 5.97 Å². The Bertz CT molecular complexity index is 918. The summed E-state index contributed by atoms with van der Waals surface area (Å²) in [5, 5.41) is 3.80. The molecule has 0 radical (unpaired) electrons. The summed E-state index contributed by atoms with van der Waals surface area (Å²) in [6.07, 6.45) is -0.323. The smallest absolute Gasteiger partial charge is 0.308 e. The first-order valence-electron chi connectivity index (χ1n) is 9.55. The van der Waals surface area contributed by atoms with Gasteiger partial charge in [-0.1, -0.05) is 48.9 Å². The van der Waals surface area contributed by atoms with Crippen molar-refractivity contribution in [2.45, 2.75) is 38.9 Å². The highest BCUT2D eigenvalue weighted by atomic mass is 35.5. The molecule has 0 saturated heterocycles. The largest absolute Gasteiger partial charge is 0.496 e. The highest BCUT2D eigenvalue weighted by Crippen LogP contribution is 2.42. The average Bonchev–Trinajstić information content (AvgIpc) is 2.84. The molecule has 2 aromatic carbocycles. The Morgan fingerprint density at radius 2 is 2.03 bits per heavy atom. The van der Waals surface area contributed by atoms with Gasteiger partial charge in [-0.2, -0.15) is 0 Å². The molecule has 154 valence electrons. The molecule has 5 nitrogen and oxygen atoms in total. The minimum Gasteiger partial charge on any atom is -0.496 e. The van der Waals surface area contributed by atoms with Crippen LogP contribution in [0.25, 0.3) is 0 Å². The molecule has 0 aliphatic carbocycles. The topological polar surface area (TPSA) is 56.8 Å². The molecule has 3 rings (SSSR count). The molecule has 0 aromatic heterocycles. The molecule has 29 heavy (non-hydrogen) atoms. The van der Waals surface area contributed by atoms with Crippen LogP contribution in [0.15, 0.2) is 36.4 Å². The van der Waals surface area contributed by atoms with Gasteiger partial charge in [-0.15, -0.1) is 0 Å². The molecular formula is C22H24ClNO4S. The van der Waals surface area contributed by atoms with Gasteiger partial charge in [0.2, 0.25) is 0 Å². The van der Waals surface area contributed by atoms with E-state index < -0.39 is 12.2 Å². The Balaban J connectivity index is 2.10. The van der Waals surface area contributed by atoms with E-state index in [1.54, 1.807) is 20.1 Å². The molecule has 0 bridgehead atoms. The maximum absolute atomic E-state index is 12.1. The van der Waals surface area contributed by atoms with Crippen LogP contribution in [0.5, 0.6) is 5.75 Å². The van der Waals surface area contributed by atoms with Gasteiger partial charge < -0.3 is 19.5 Å². The number of ether oxygens (including phenoxy) is 3. The van der Waals surface area contributed by atoms with Crippen molar-refractivity contribution in [1.29, 1.82) is 0 Å². The molecule has 0 unspecified atom stereocenters. The number of anilines is 1. The monoisotopic (exact) mass is 433 g/mol. The van der Waals surface area contributed by atoms with Crippen molar-refractivity contribution in [2.24, 2.45) is 0 Å². The van der Waals surface area contributed by atoms with Crippen LogP contribution < -0.4 is 10.1 Å². The van der Waals surface area contributed by atoms with E-state index in [2.05, 4.69) is 12.2 Å². The Labute approximate surface area is 181 Å². The fourth-order valence-electron chi connectivity index (χ4n) is 3.47. The fraction of sp³-hybridized carbons (Fsp3) is 0.364. The first-order valence-corrected chi connectivity index (χ1v) is 10.3. The third-order valence-electron chi connectivity index (χ3n) is 4.80. The van der Waals surface area contributed by atoms with E-state index in [4.69, 9.17) is 38.0 Å². The van der Waals surface area contributed by atoms with E-state index in [1.165, 1.54) is 0 Å². The van der Waals surface area contributed by atoms with Crippen molar-refractivity contribution >= 4 is 40.5 Å². The Morgan fingerprint density at radius 1 is 1.24 bits per heavy atom. The summed E-state index contributed by atoms with van der Waals surface area (Å²) in [5.41, 5.74) is 3.55. The summed E-state index contributed by atoms with van der Waals surface area (Å²) in [4.78, 5) is 12.6. The molecule has 0 amide bonds. The van der Waals surface area contributed by atoms with E-state index in [-0.39, 0.29) is 12.4 Å². The number of hydrogen-bond acceptors (Lipinski definition) is 5. The summed E-state index contributed by atoms with van der Waals surface area (Å²) < 4.78 is 17.2. The summed E-state index contributed by atoms with van der Waals surface area (Å²) in [7, 11) is 1.65.